The number of nitrogens with zero attached hydrogens (tertiary/aromatic N) is 1. The maximum atomic E-state index is 13.0. The predicted octanol–water partition coefficient (Wildman–Crippen LogP) is 2.80. The molecule has 2 rings (SSSR count). The van der Waals surface area contributed by atoms with E-state index in [1.165, 1.54) is 18.6 Å². The van der Waals surface area contributed by atoms with Gasteiger partial charge in [-0.2, -0.15) is 5.26 Å². The number of nitriles is 1. The average Bonchev–Trinajstić information content (AvgIpc) is 2.38. The zero-order valence-electron chi connectivity index (χ0n) is 10.2. The maximum Gasteiger partial charge on any atom is 0.124 e. The minimum Gasteiger partial charge on any atom is -0.388 e. The molecule has 2 N–H and O–H groups in total. The Labute approximate surface area is 106 Å². The molecular formula is C14H17FN2O. The van der Waals surface area contributed by atoms with Crippen LogP contribution in [0.2, 0.25) is 0 Å². The highest BCUT2D eigenvalue weighted by molar-refractivity contribution is 5.57. The second-order valence-electron chi connectivity index (χ2n) is 4.94. The number of aliphatic hydroxyl groups is 1. The van der Waals surface area contributed by atoms with Crippen LogP contribution in [0.1, 0.15) is 37.7 Å². The van der Waals surface area contributed by atoms with E-state index in [0.717, 1.165) is 25.7 Å². The fourth-order valence-corrected chi connectivity index (χ4v) is 2.41. The molecule has 0 aromatic heterocycles. The lowest BCUT2D eigenvalue weighted by Gasteiger charge is -2.32. The number of anilines is 1. The smallest absolute Gasteiger partial charge is 0.124 e. The van der Waals surface area contributed by atoms with Crippen molar-refractivity contribution in [3.63, 3.8) is 0 Å². The van der Waals surface area contributed by atoms with Crippen molar-refractivity contribution in [2.75, 3.05) is 11.9 Å². The minimum atomic E-state index is -0.695. The van der Waals surface area contributed by atoms with Crippen molar-refractivity contribution in [2.24, 2.45) is 0 Å². The van der Waals surface area contributed by atoms with Crippen LogP contribution in [0.5, 0.6) is 0 Å². The number of halogens is 1. The largest absolute Gasteiger partial charge is 0.388 e. The summed E-state index contributed by atoms with van der Waals surface area (Å²) in [4.78, 5) is 0. The highest BCUT2D eigenvalue weighted by Gasteiger charge is 2.28. The predicted molar refractivity (Wildman–Crippen MR) is 67.6 cm³/mol. The summed E-state index contributed by atoms with van der Waals surface area (Å²) in [5, 5.41) is 22.3. The summed E-state index contributed by atoms with van der Waals surface area (Å²) in [5.74, 6) is -0.423. The quantitative estimate of drug-likeness (QED) is 0.864. The number of nitrogens with one attached hydrogen (secondary N) is 1. The first-order valence-electron chi connectivity index (χ1n) is 6.29. The molecule has 0 heterocycles. The Balaban J connectivity index is 2.04. The van der Waals surface area contributed by atoms with Crippen LogP contribution in [0.3, 0.4) is 0 Å². The van der Waals surface area contributed by atoms with Crippen LogP contribution in [-0.2, 0) is 0 Å². The molecule has 0 aliphatic heterocycles. The molecule has 18 heavy (non-hydrogen) atoms. The molecule has 0 radical (unpaired) electrons. The van der Waals surface area contributed by atoms with Crippen LogP contribution in [0.4, 0.5) is 10.1 Å². The Hall–Kier alpha value is -1.60. The van der Waals surface area contributed by atoms with Gasteiger partial charge in [0, 0.05) is 6.54 Å². The van der Waals surface area contributed by atoms with Crippen molar-refractivity contribution in [1.82, 2.24) is 0 Å². The molecule has 1 aliphatic rings. The topological polar surface area (TPSA) is 56.0 Å². The number of hydrogen-bond donors (Lipinski definition) is 2. The number of hydrogen-bond acceptors (Lipinski definition) is 3. The van der Waals surface area contributed by atoms with Crippen LogP contribution in [0, 0.1) is 17.1 Å². The molecule has 0 amide bonds. The van der Waals surface area contributed by atoms with E-state index in [2.05, 4.69) is 5.32 Å². The van der Waals surface area contributed by atoms with E-state index in [0.29, 0.717) is 12.2 Å². The molecule has 0 bridgehead atoms. The van der Waals surface area contributed by atoms with Crippen LogP contribution >= 0.6 is 0 Å². The molecule has 96 valence electrons. The Bertz CT molecular complexity index is 461. The minimum absolute atomic E-state index is 0.273. The lowest BCUT2D eigenvalue weighted by Crippen LogP contribution is -2.38. The fraction of sp³-hybridized carbons (Fsp3) is 0.500. The van der Waals surface area contributed by atoms with Crippen LogP contribution < -0.4 is 5.32 Å². The zero-order valence-corrected chi connectivity index (χ0v) is 10.2. The fourth-order valence-electron chi connectivity index (χ4n) is 2.41. The van der Waals surface area contributed by atoms with Crippen LogP contribution in [0.15, 0.2) is 18.2 Å². The van der Waals surface area contributed by atoms with Gasteiger partial charge in [0.25, 0.3) is 0 Å². The molecule has 0 unspecified atom stereocenters. The summed E-state index contributed by atoms with van der Waals surface area (Å²) in [7, 11) is 0. The van der Waals surface area contributed by atoms with Crippen molar-refractivity contribution in [3.05, 3.63) is 29.6 Å². The van der Waals surface area contributed by atoms with Gasteiger partial charge in [0.1, 0.15) is 11.9 Å². The standard InChI is InChI=1S/C14H17FN2O/c15-12-4-5-13(11(8-12)9-16)17-10-14(18)6-2-1-3-7-14/h4-5,8,17-18H,1-3,6-7,10H2. The Morgan fingerprint density at radius 3 is 2.72 bits per heavy atom. The molecule has 1 saturated carbocycles. The lowest BCUT2D eigenvalue weighted by molar-refractivity contribution is 0.0167. The van der Waals surface area contributed by atoms with Crippen molar-refractivity contribution in [1.29, 1.82) is 5.26 Å². The molecular weight excluding hydrogens is 231 g/mol. The average molecular weight is 248 g/mol. The van der Waals surface area contributed by atoms with E-state index in [9.17, 15) is 9.50 Å². The highest BCUT2D eigenvalue weighted by atomic mass is 19.1. The maximum absolute atomic E-state index is 13.0. The number of benzene rings is 1. The van der Waals surface area contributed by atoms with Gasteiger partial charge in [0.05, 0.1) is 16.9 Å². The van der Waals surface area contributed by atoms with E-state index in [4.69, 9.17) is 5.26 Å². The monoisotopic (exact) mass is 248 g/mol. The lowest BCUT2D eigenvalue weighted by atomic mass is 9.85. The SMILES string of the molecule is N#Cc1cc(F)ccc1NCC1(O)CCCCC1. The van der Waals surface area contributed by atoms with Gasteiger partial charge < -0.3 is 10.4 Å². The van der Waals surface area contributed by atoms with Crippen molar-refractivity contribution < 1.29 is 9.50 Å². The second kappa shape index (κ2) is 5.36. The van der Waals surface area contributed by atoms with E-state index in [1.807, 2.05) is 6.07 Å². The third-order valence-electron chi connectivity index (χ3n) is 3.49. The first kappa shape index (κ1) is 12.8. The summed E-state index contributed by atoms with van der Waals surface area (Å²) in [5.41, 5.74) is 0.159. The molecule has 0 saturated heterocycles. The third kappa shape index (κ3) is 2.99. The summed E-state index contributed by atoms with van der Waals surface area (Å²) >= 11 is 0. The van der Waals surface area contributed by atoms with E-state index >= 15 is 0 Å². The Morgan fingerprint density at radius 2 is 2.06 bits per heavy atom. The van der Waals surface area contributed by atoms with Gasteiger partial charge in [0.15, 0.2) is 0 Å². The molecule has 3 nitrogen and oxygen atoms in total. The molecule has 1 aromatic carbocycles. The summed E-state index contributed by atoms with van der Waals surface area (Å²) < 4.78 is 13.0. The molecule has 4 heteroatoms. The normalized spacial score (nSPS) is 18.1. The van der Waals surface area contributed by atoms with E-state index in [-0.39, 0.29) is 5.56 Å². The summed E-state index contributed by atoms with van der Waals surface area (Å²) in [6.07, 6.45) is 4.80. The number of rotatable bonds is 3. The molecule has 1 aliphatic carbocycles. The van der Waals surface area contributed by atoms with Crippen LogP contribution in [0.25, 0.3) is 0 Å². The second-order valence-corrected chi connectivity index (χ2v) is 4.94. The summed E-state index contributed by atoms with van der Waals surface area (Å²) in [6, 6.07) is 6.01. The van der Waals surface area contributed by atoms with Crippen molar-refractivity contribution >= 4 is 5.69 Å². The molecule has 0 spiro atoms. The van der Waals surface area contributed by atoms with Gasteiger partial charge in [-0.1, -0.05) is 19.3 Å². The first-order valence-corrected chi connectivity index (χ1v) is 6.29. The van der Waals surface area contributed by atoms with Gasteiger partial charge in [-0.05, 0) is 31.0 Å². The summed E-state index contributed by atoms with van der Waals surface area (Å²) in [6.45, 7) is 0.410. The van der Waals surface area contributed by atoms with Crippen LogP contribution in [-0.4, -0.2) is 17.3 Å². The van der Waals surface area contributed by atoms with Gasteiger partial charge in [-0.15, -0.1) is 0 Å². The first-order chi connectivity index (χ1) is 8.63. The van der Waals surface area contributed by atoms with Gasteiger partial charge in [-0.3, -0.25) is 0 Å². The van der Waals surface area contributed by atoms with Crippen molar-refractivity contribution in [2.45, 2.75) is 37.7 Å². The molecule has 1 aromatic rings. The highest BCUT2D eigenvalue weighted by Crippen LogP contribution is 2.28. The van der Waals surface area contributed by atoms with E-state index in [1.54, 1.807) is 6.07 Å². The third-order valence-corrected chi connectivity index (χ3v) is 3.49. The Morgan fingerprint density at radius 1 is 1.33 bits per heavy atom. The molecule has 1 fully saturated rings. The van der Waals surface area contributed by atoms with Crippen molar-refractivity contribution in [3.8, 4) is 6.07 Å². The Kier molecular flexibility index (Phi) is 3.83. The zero-order chi connectivity index (χ0) is 13.0. The molecule has 0 atom stereocenters. The van der Waals surface area contributed by atoms with Gasteiger partial charge in [0.2, 0.25) is 0 Å². The van der Waals surface area contributed by atoms with Gasteiger partial charge in [-0.25, -0.2) is 4.39 Å². The van der Waals surface area contributed by atoms with E-state index < -0.39 is 11.4 Å². The van der Waals surface area contributed by atoms with Gasteiger partial charge >= 0.3 is 0 Å².